The Hall–Kier alpha value is -4.46. The van der Waals surface area contributed by atoms with Crippen LogP contribution in [0, 0.1) is 0 Å². The molecule has 1 aromatic carbocycles. The average Bonchev–Trinajstić information content (AvgIpc) is 3.18. The summed E-state index contributed by atoms with van der Waals surface area (Å²) < 4.78 is 0. The number of benzene rings is 1. The maximum Gasteiger partial charge on any atom is 0.322 e. The molecule has 10 N–H and O–H groups in total. The average molecular weight is 490 g/mol. The highest BCUT2D eigenvalue weighted by atomic mass is 16.4. The molecule has 35 heavy (non-hydrogen) atoms. The van der Waals surface area contributed by atoms with Crippen LogP contribution in [-0.2, 0) is 35.2 Å². The van der Waals surface area contributed by atoms with Crippen LogP contribution < -0.4 is 27.4 Å². The first kappa shape index (κ1) is 26.8. The standard InChI is InChI=1S/C21H26N6O8/c22-12(5-10-8-24-13-4-2-1-3-11(10)13)19(33)26-15(7-17(29)30)21(35)27-14(6-16(23)28)20(34)25-9-18(31)32/h1-4,8,12,14-15,24H,5-7,9,22H2,(H2,23,28)(H,25,34)(H,26,33)(H,27,35)(H,29,30)(H,31,32). The summed E-state index contributed by atoms with van der Waals surface area (Å²) in [6, 6.07) is 2.95. The highest BCUT2D eigenvalue weighted by Gasteiger charge is 2.30. The normalized spacial score (nSPS) is 13.3. The quantitative estimate of drug-likeness (QED) is 0.148. The van der Waals surface area contributed by atoms with E-state index in [9.17, 15) is 28.8 Å². The van der Waals surface area contributed by atoms with Gasteiger partial charge in [0.2, 0.25) is 23.6 Å². The molecule has 0 bridgehead atoms. The second-order valence-corrected chi connectivity index (χ2v) is 7.67. The largest absolute Gasteiger partial charge is 0.481 e. The fraction of sp³-hybridized carbons (Fsp3) is 0.333. The number of primary amides is 1. The van der Waals surface area contributed by atoms with Crippen LogP contribution in [0.3, 0.4) is 0 Å². The van der Waals surface area contributed by atoms with Gasteiger partial charge in [-0.25, -0.2) is 0 Å². The van der Waals surface area contributed by atoms with Gasteiger partial charge in [-0.2, -0.15) is 0 Å². The Balaban J connectivity index is 2.10. The maximum atomic E-state index is 12.7. The Kier molecular flexibility index (Phi) is 9.28. The molecule has 2 rings (SSSR count). The minimum atomic E-state index is -1.64. The van der Waals surface area contributed by atoms with Crippen LogP contribution in [0.5, 0.6) is 0 Å². The topological polar surface area (TPSA) is 247 Å². The van der Waals surface area contributed by atoms with E-state index in [1.165, 1.54) is 0 Å². The summed E-state index contributed by atoms with van der Waals surface area (Å²) >= 11 is 0. The minimum Gasteiger partial charge on any atom is -0.481 e. The Morgan fingerprint density at radius 2 is 1.51 bits per heavy atom. The van der Waals surface area contributed by atoms with Crippen LogP contribution in [0.1, 0.15) is 18.4 Å². The van der Waals surface area contributed by atoms with Crippen molar-refractivity contribution >= 4 is 46.5 Å². The molecule has 0 spiro atoms. The lowest BCUT2D eigenvalue weighted by molar-refractivity contribution is -0.142. The van der Waals surface area contributed by atoms with Crippen molar-refractivity contribution < 1.29 is 39.0 Å². The molecule has 1 heterocycles. The van der Waals surface area contributed by atoms with Crippen LogP contribution in [0.4, 0.5) is 0 Å². The maximum absolute atomic E-state index is 12.7. The van der Waals surface area contributed by atoms with E-state index >= 15 is 0 Å². The number of carboxylic acid groups (broad SMARTS) is 2. The number of aromatic amines is 1. The first-order chi connectivity index (χ1) is 16.5. The zero-order valence-electron chi connectivity index (χ0n) is 18.4. The smallest absolute Gasteiger partial charge is 0.322 e. The predicted molar refractivity (Wildman–Crippen MR) is 121 cm³/mol. The number of carbonyl (C=O) groups is 6. The van der Waals surface area contributed by atoms with E-state index in [1.807, 2.05) is 29.6 Å². The van der Waals surface area contributed by atoms with Gasteiger partial charge in [-0.1, -0.05) is 18.2 Å². The van der Waals surface area contributed by atoms with Gasteiger partial charge < -0.3 is 42.6 Å². The molecule has 0 aliphatic carbocycles. The molecule has 4 amide bonds. The number of aromatic nitrogens is 1. The fourth-order valence-electron chi connectivity index (χ4n) is 3.26. The summed E-state index contributed by atoms with van der Waals surface area (Å²) in [6.45, 7) is -0.790. The molecule has 3 atom stereocenters. The van der Waals surface area contributed by atoms with Crippen molar-refractivity contribution in [1.29, 1.82) is 0 Å². The molecule has 14 heteroatoms. The van der Waals surface area contributed by atoms with E-state index in [4.69, 9.17) is 21.7 Å². The number of hydrogen-bond acceptors (Lipinski definition) is 7. The first-order valence-corrected chi connectivity index (χ1v) is 10.4. The zero-order chi connectivity index (χ0) is 26.1. The van der Waals surface area contributed by atoms with Crippen molar-refractivity contribution in [2.75, 3.05) is 6.54 Å². The Labute approximate surface area is 198 Å². The SMILES string of the molecule is NC(=O)CC(NC(=O)C(CC(=O)O)NC(=O)C(N)Cc1c[nH]c2ccccc12)C(=O)NCC(=O)O. The van der Waals surface area contributed by atoms with Crippen LogP contribution >= 0.6 is 0 Å². The van der Waals surface area contributed by atoms with E-state index in [0.717, 1.165) is 16.5 Å². The van der Waals surface area contributed by atoms with Gasteiger partial charge in [0.15, 0.2) is 0 Å². The van der Waals surface area contributed by atoms with Gasteiger partial charge in [0, 0.05) is 17.1 Å². The van der Waals surface area contributed by atoms with Crippen LogP contribution in [0.2, 0.25) is 0 Å². The Bertz CT molecular complexity index is 1130. The summed E-state index contributed by atoms with van der Waals surface area (Å²) in [5, 5.41) is 25.0. The Morgan fingerprint density at radius 3 is 2.14 bits per heavy atom. The van der Waals surface area contributed by atoms with Gasteiger partial charge >= 0.3 is 11.9 Å². The molecule has 1 aromatic heterocycles. The molecule has 0 aliphatic rings. The number of nitrogens with one attached hydrogen (secondary N) is 4. The van der Waals surface area contributed by atoms with E-state index in [0.29, 0.717) is 0 Å². The molecule has 0 fully saturated rings. The summed E-state index contributed by atoms with van der Waals surface area (Å²) in [7, 11) is 0. The molecule has 2 aromatic rings. The van der Waals surface area contributed by atoms with Crippen LogP contribution in [0.15, 0.2) is 30.5 Å². The molecule has 0 radical (unpaired) electrons. The molecular formula is C21H26N6O8. The number of nitrogens with two attached hydrogens (primary N) is 2. The number of carbonyl (C=O) groups excluding carboxylic acids is 4. The van der Waals surface area contributed by atoms with Gasteiger partial charge in [-0.15, -0.1) is 0 Å². The lowest BCUT2D eigenvalue weighted by Gasteiger charge is -2.22. The van der Waals surface area contributed by atoms with Crippen LogP contribution in [0.25, 0.3) is 10.9 Å². The van der Waals surface area contributed by atoms with Gasteiger partial charge in [-0.3, -0.25) is 28.8 Å². The predicted octanol–water partition coefficient (Wildman–Crippen LogP) is -2.44. The van der Waals surface area contributed by atoms with Gasteiger partial charge in [-0.05, 0) is 18.1 Å². The molecule has 188 valence electrons. The third kappa shape index (κ3) is 8.12. The third-order valence-electron chi connectivity index (χ3n) is 4.92. The molecule has 3 unspecified atom stereocenters. The highest BCUT2D eigenvalue weighted by molar-refractivity contribution is 5.97. The van der Waals surface area contributed by atoms with Crippen LogP contribution in [-0.4, -0.2) is 75.4 Å². The van der Waals surface area contributed by atoms with E-state index in [-0.39, 0.29) is 6.42 Å². The summed E-state index contributed by atoms with van der Waals surface area (Å²) in [4.78, 5) is 73.7. The fourth-order valence-corrected chi connectivity index (χ4v) is 3.26. The lowest BCUT2D eigenvalue weighted by Crippen LogP contribution is -2.57. The first-order valence-electron chi connectivity index (χ1n) is 10.4. The minimum absolute atomic E-state index is 0.0825. The lowest BCUT2D eigenvalue weighted by atomic mass is 10.0. The van der Waals surface area contributed by atoms with Gasteiger partial charge in [0.25, 0.3) is 0 Å². The number of para-hydroxylation sites is 1. The molecule has 14 nitrogen and oxygen atoms in total. The Morgan fingerprint density at radius 1 is 0.886 bits per heavy atom. The van der Waals surface area contributed by atoms with Crippen molar-refractivity contribution in [2.45, 2.75) is 37.4 Å². The summed E-state index contributed by atoms with van der Waals surface area (Å²) in [5.74, 6) is -6.74. The number of rotatable bonds is 13. The van der Waals surface area contributed by atoms with Gasteiger partial charge in [0.1, 0.15) is 18.6 Å². The number of amides is 4. The van der Waals surface area contributed by atoms with Crippen molar-refractivity contribution in [3.63, 3.8) is 0 Å². The number of hydrogen-bond donors (Lipinski definition) is 8. The zero-order valence-corrected chi connectivity index (χ0v) is 18.4. The molecule has 0 saturated carbocycles. The molecule has 0 saturated heterocycles. The van der Waals surface area contributed by atoms with E-state index < -0.39 is 73.1 Å². The van der Waals surface area contributed by atoms with Crippen molar-refractivity contribution in [2.24, 2.45) is 11.5 Å². The van der Waals surface area contributed by atoms with E-state index in [1.54, 1.807) is 6.20 Å². The van der Waals surface area contributed by atoms with E-state index in [2.05, 4.69) is 15.6 Å². The molecule has 0 aliphatic heterocycles. The molecular weight excluding hydrogens is 464 g/mol. The van der Waals surface area contributed by atoms with Crippen molar-refractivity contribution in [1.82, 2.24) is 20.9 Å². The van der Waals surface area contributed by atoms with Crippen molar-refractivity contribution in [3.05, 3.63) is 36.0 Å². The third-order valence-corrected chi connectivity index (χ3v) is 4.92. The van der Waals surface area contributed by atoms with Crippen molar-refractivity contribution in [3.8, 4) is 0 Å². The number of aliphatic carboxylic acids is 2. The summed E-state index contributed by atoms with van der Waals surface area (Å²) in [6.07, 6.45) is 0.227. The second-order valence-electron chi connectivity index (χ2n) is 7.67. The number of fused-ring (bicyclic) bond motifs is 1. The monoisotopic (exact) mass is 490 g/mol. The number of carboxylic acids is 2. The highest BCUT2D eigenvalue weighted by Crippen LogP contribution is 2.18. The number of H-pyrrole nitrogens is 1. The van der Waals surface area contributed by atoms with Gasteiger partial charge in [0.05, 0.1) is 18.9 Å². The second kappa shape index (κ2) is 12.1. The summed E-state index contributed by atoms with van der Waals surface area (Å²) in [5.41, 5.74) is 12.6.